The number of aromatic amines is 1. The van der Waals surface area contributed by atoms with E-state index in [9.17, 15) is 14.4 Å². The van der Waals surface area contributed by atoms with Crippen LogP contribution in [0.1, 0.15) is 27.8 Å². The van der Waals surface area contributed by atoms with Gasteiger partial charge >= 0.3 is 5.97 Å². The average molecular weight is 357 g/mol. The molecule has 0 radical (unpaired) electrons. The first kappa shape index (κ1) is 16.9. The molecule has 0 saturated heterocycles. The molecule has 0 amide bonds. The first-order valence-corrected chi connectivity index (χ1v) is 7.83. The number of benzene rings is 2. The van der Waals surface area contributed by atoms with Gasteiger partial charge in [-0.3, -0.25) is 9.59 Å². The van der Waals surface area contributed by atoms with E-state index in [-0.39, 0.29) is 11.5 Å². The molecule has 0 aliphatic heterocycles. The maximum atomic E-state index is 12.4. The molecule has 0 bridgehead atoms. The number of fused-ring (bicyclic) bond motifs is 1. The van der Waals surface area contributed by atoms with Crippen molar-refractivity contribution in [3.63, 3.8) is 0 Å². The van der Waals surface area contributed by atoms with Crippen molar-refractivity contribution < 1.29 is 14.3 Å². The molecule has 0 aliphatic carbocycles. The molecule has 1 aromatic heterocycles. The second kappa shape index (κ2) is 6.86. The summed E-state index contributed by atoms with van der Waals surface area (Å²) in [6, 6.07) is 12.8. The largest absolute Gasteiger partial charge is 0.449 e. The van der Waals surface area contributed by atoms with E-state index >= 15 is 0 Å². The third-order valence-corrected chi connectivity index (χ3v) is 3.92. The Bertz CT molecular complexity index is 1010. The molecule has 6 nitrogen and oxygen atoms in total. The summed E-state index contributed by atoms with van der Waals surface area (Å²) in [6.45, 7) is 1.47. The Labute approximate surface area is 147 Å². The molecule has 0 fully saturated rings. The number of hydrogen-bond donors (Lipinski definition) is 1. The van der Waals surface area contributed by atoms with E-state index in [1.54, 1.807) is 48.5 Å². The molecule has 7 heteroatoms. The van der Waals surface area contributed by atoms with Crippen molar-refractivity contribution >= 4 is 34.1 Å². The molecule has 3 rings (SSSR count). The first-order chi connectivity index (χ1) is 12.0. The number of nitrogens with zero attached hydrogens (tertiary/aromatic N) is 1. The van der Waals surface area contributed by atoms with E-state index in [0.29, 0.717) is 21.4 Å². The summed E-state index contributed by atoms with van der Waals surface area (Å²) in [4.78, 5) is 36.5. The zero-order chi connectivity index (χ0) is 18.0. The van der Waals surface area contributed by atoms with E-state index in [1.165, 1.54) is 6.92 Å². The van der Waals surface area contributed by atoms with Crippen LogP contribution < -0.4 is 5.56 Å². The molecule has 1 unspecified atom stereocenters. The minimum absolute atomic E-state index is 0.0500. The Hall–Kier alpha value is -2.99. The number of esters is 1. The summed E-state index contributed by atoms with van der Waals surface area (Å²) in [7, 11) is 0. The minimum atomic E-state index is -1.01. The standard InChI is InChI=1S/C18H13ClN2O4/c1-10(16(22)11-6-8-12(19)9-7-11)25-18(24)15-13-4-2-3-5-14(13)17(23)21-20-15/h2-10H,1H3,(H,21,23). The van der Waals surface area contributed by atoms with Crippen molar-refractivity contribution in [1.82, 2.24) is 10.2 Å². The molecule has 126 valence electrons. The van der Waals surface area contributed by atoms with Crippen LogP contribution in [0.2, 0.25) is 5.02 Å². The number of carbonyl (C=O) groups is 2. The van der Waals surface area contributed by atoms with Gasteiger partial charge in [0.2, 0.25) is 5.78 Å². The maximum absolute atomic E-state index is 12.4. The number of rotatable bonds is 4. The highest BCUT2D eigenvalue weighted by atomic mass is 35.5. The van der Waals surface area contributed by atoms with Crippen LogP contribution in [0, 0.1) is 0 Å². The van der Waals surface area contributed by atoms with Gasteiger partial charge in [-0.15, -0.1) is 0 Å². The van der Waals surface area contributed by atoms with Gasteiger partial charge in [0.25, 0.3) is 5.56 Å². The Balaban J connectivity index is 1.85. The normalized spacial score (nSPS) is 11.9. The van der Waals surface area contributed by atoms with E-state index in [2.05, 4.69) is 10.2 Å². The second-order valence-corrected chi connectivity index (χ2v) is 5.80. The van der Waals surface area contributed by atoms with Gasteiger partial charge in [0.05, 0.1) is 5.39 Å². The lowest BCUT2D eigenvalue weighted by Gasteiger charge is -2.12. The quantitative estimate of drug-likeness (QED) is 0.573. The van der Waals surface area contributed by atoms with Crippen molar-refractivity contribution in [3.8, 4) is 0 Å². The molecule has 1 N–H and O–H groups in total. The number of ether oxygens (including phenoxy) is 1. The fourth-order valence-electron chi connectivity index (χ4n) is 2.39. The Morgan fingerprint density at radius 1 is 1.08 bits per heavy atom. The highest BCUT2D eigenvalue weighted by Crippen LogP contribution is 2.16. The van der Waals surface area contributed by atoms with Crippen LogP contribution in [0.4, 0.5) is 0 Å². The Kier molecular flexibility index (Phi) is 4.63. The third kappa shape index (κ3) is 3.44. The van der Waals surface area contributed by atoms with Crippen molar-refractivity contribution in [2.75, 3.05) is 0 Å². The van der Waals surface area contributed by atoms with Gasteiger partial charge < -0.3 is 4.74 Å². The lowest BCUT2D eigenvalue weighted by Crippen LogP contribution is -2.26. The number of nitrogens with one attached hydrogen (secondary N) is 1. The summed E-state index contributed by atoms with van der Waals surface area (Å²) in [6.07, 6.45) is -1.01. The summed E-state index contributed by atoms with van der Waals surface area (Å²) in [5.74, 6) is -1.15. The van der Waals surface area contributed by atoms with Gasteiger partial charge in [-0.2, -0.15) is 5.10 Å². The van der Waals surface area contributed by atoms with Gasteiger partial charge in [-0.25, -0.2) is 9.89 Å². The van der Waals surface area contributed by atoms with E-state index < -0.39 is 17.6 Å². The molecule has 2 aromatic carbocycles. The number of hydrogen-bond acceptors (Lipinski definition) is 5. The summed E-state index contributed by atoms with van der Waals surface area (Å²) >= 11 is 5.79. The summed E-state index contributed by atoms with van der Waals surface area (Å²) < 4.78 is 5.22. The number of Topliss-reactive ketones (excluding diaryl/α,β-unsaturated/α-hetero) is 1. The van der Waals surface area contributed by atoms with Gasteiger partial charge in [0.1, 0.15) is 0 Å². The minimum Gasteiger partial charge on any atom is -0.449 e. The topological polar surface area (TPSA) is 89.1 Å². The van der Waals surface area contributed by atoms with Crippen LogP contribution in [0.15, 0.2) is 53.3 Å². The zero-order valence-corrected chi connectivity index (χ0v) is 13.9. The predicted molar refractivity (Wildman–Crippen MR) is 93.0 cm³/mol. The molecule has 0 aliphatic rings. The number of H-pyrrole nitrogens is 1. The highest BCUT2D eigenvalue weighted by Gasteiger charge is 2.23. The predicted octanol–water partition coefficient (Wildman–Crippen LogP) is 3.00. The highest BCUT2D eigenvalue weighted by molar-refractivity contribution is 6.30. The van der Waals surface area contributed by atoms with Gasteiger partial charge in [-0.1, -0.05) is 29.8 Å². The molecule has 1 atom stereocenters. The SMILES string of the molecule is CC(OC(=O)c1n[nH]c(=O)c2ccccc12)C(=O)c1ccc(Cl)cc1. The Morgan fingerprint density at radius 3 is 2.40 bits per heavy atom. The van der Waals surface area contributed by atoms with Crippen LogP contribution in [-0.4, -0.2) is 28.1 Å². The average Bonchev–Trinajstić information content (AvgIpc) is 2.62. The molecular formula is C18H13ClN2O4. The van der Waals surface area contributed by atoms with Crippen molar-refractivity contribution in [2.24, 2.45) is 0 Å². The van der Waals surface area contributed by atoms with Gasteiger partial charge in [0, 0.05) is 16.0 Å². The van der Waals surface area contributed by atoms with Crippen LogP contribution in [0.25, 0.3) is 10.8 Å². The summed E-state index contributed by atoms with van der Waals surface area (Å²) in [5, 5.41) is 7.21. The lowest BCUT2D eigenvalue weighted by atomic mass is 10.1. The smallest absolute Gasteiger partial charge is 0.360 e. The number of carbonyl (C=O) groups excluding carboxylic acids is 2. The van der Waals surface area contributed by atoms with Crippen LogP contribution in [-0.2, 0) is 4.74 Å². The molecular weight excluding hydrogens is 344 g/mol. The molecule has 3 aromatic rings. The molecule has 1 heterocycles. The third-order valence-electron chi connectivity index (χ3n) is 3.67. The number of ketones is 1. The zero-order valence-electron chi connectivity index (χ0n) is 13.2. The number of aromatic nitrogens is 2. The van der Waals surface area contributed by atoms with Gasteiger partial charge in [-0.05, 0) is 37.3 Å². The van der Waals surface area contributed by atoms with E-state index in [4.69, 9.17) is 16.3 Å². The van der Waals surface area contributed by atoms with E-state index in [1.807, 2.05) is 0 Å². The fourth-order valence-corrected chi connectivity index (χ4v) is 2.52. The fraction of sp³-hybridized carbons (Fsp3) is 0.111. The van der Waals surface area contributed by atoms with E-state index in [0.717, 1.165) is 0 Å². The number of halogens is 1. The molecule has 25 heavy (non-hydrogen) atoms. The molecule has 0 saturated carbocycles. The summed E-state index contributed by atoms with van der Waals surface area (Å²) in [5.41, 5.74) is -0.0765. The van der Waals surface area contributed by atoms with Crippen LogP contribution in [0.3, 0.4) is 0 Å². The van der Waals surface area contributed by atoms with Gasteiger partial charge in [0.15, 0.2) is 11.8 Å². The van der Waals surface area contributed by atoms with Crippen LogP contribution in [0.5, 0.6) is 0 Å². The van der Waals surface area contributed by atoms with Crippen molar-refractivity contribution in [1.29, 1.82) is 0 Å². The maximum Gasteiger partial charge on any atom is 0.360 e. The monoisotopic (exact) mass is 356 g/mol. The molecule has 0 spiro atoms. The van der Waals surface area contributed by atoms with Crippen molar-refractivity contribution in [3.05, 3.63) is 75.2 Å². The Morgan fingerprint density at radius 2 is 1.72 bits per heavy atom. The van der Waals surface area contributed by atoms with Crippen molar-refractivity contribution in [2.45, 2.75) is 13.0 Å². The van der Waals surface area contributed by atoms with Crippen LogP contribution >= 0.6 is 11.6 Å². The first-order valence-electron chi connectivity index (χ1n) is 7.45. The lowest BCUT2D eigenvalue weighted by molar-refractivity contribution is 0.0314. The second-order valence-electron chi connectivity index (χ2n) is 5.37.